The van der Waals surface area contributed by atoms with Crippen molar-refractivity contribution in [2.45, 2.75) is 32.9 Å². The Hall–Kier alpha value is -1.54. The van der Waals surface area contributed by atoms with Gasteiger partial charge in [0.2, 0.25) is 0 Å². The third kappa shape index (κ3) is 7.92. The zero-order valence-corrected chi connectivity index (χ0v) is 17.3. The number of hydrogen-bond acceptors (Lipinski definition) is 3. The predicted molar refractivity (Wildman–Crippen MR) is 112 cm³/mol. The molecule has 1 heterocycles. The fraction of sp³-hybridized carbons (Fsp3) is 0.421. The number of rotatable bonds is 9. The van der Waals surface area contributed by atoms with Crippen LogP contribution in [-0.2, 0) is 24.3 Å². The first-order valence-electron chi connectivity index (χ1n) is 8.45. The number of guanidine groups is 1. The fourth-order valence-electron chi connectivity index (χ4n) is 2.42. The van der Waals surface area contributed by atoms with Crippen molar-refractivity contribution in [1.82, 2.24) is 10.6 Å². The van der Waals surface area contributed by atoms with E-state index in [0.29, 0.717) is 13.2 Å². The molecule has 2 rings (SSSR count). The molecular weight excluding hydrogens is 429 g/mol. The summed E-state index contributed by atoms with van der Waals surface area (Å²) in [6.45, 7) is 4.97. The van der Waals surface area contributed by atoms with Crippen LogP contribution in [0.4, 0.5) is 0 Å². The summed E-state index contributed by atoms with van der Waals surface area (Å²) in [5.41, 5.74) is 2.68. The van der Waals surface area contributed by atoms with Crippen LogP contribution in [0.1, 0.15) is 30.2 Å². The Balaban J connectivity index is 0.00000312. The molecule has 1 aromatic carbocycles. The van der Waals surface area contributed by atoms with Crippen molar-refractivity contribution in [2.75, 3.05) is 20.2 Å². The minimum atomic E-state index is 0. The lowest BCUT2D eigenvalue weighted by atomic mass is 10.1. The number of furan rings is 1. The quantitative estimate of drug-likeness (QED) is 0.261. The highest BCUT2D eigenvalue weighted by Crippen LogP contribution is 2.08. The van der Waals surface area contributed by atoms with Crippen LogP contribution in [0, 0.1) is 0 Å². The largest absolute Gasteiger partial charge is 0.467 e. The van der Waals surface area contributed by atoms with Crippen LogP contribution in [0.25, 0.3) is 0 Å². The van der Waals surface area contributed by atoms with Crippen LogP contribution in [0.5, 0.6) is 0 Å². The lowest BCUT2D eigenvalue weighted by Gasteiger charge is -2.13. The minimum Gasteiger partial charge on any atom is -0.467 e. The van der Waals surface area contributed by atoms with Gasteiger partial charge in [0.15, 0.2) is 5.96 Å². The molecule has 2 N–H and O–H groups in total. The third-order valence-electron chi connectivity index (χ3n) is 3.75. The first kappa shape index (κ1) is 21.5. The maximum Gasteiger partial charge on any atom is 0.191 e. The van der Waals surface area contributed by atoms with E-state index < -0.39 is 0 Å². The van der Waals surface area contributed by atoms with Crippen molar-refractivity contribution in [3.05, 3.63) is 59.5 Å². The lowest BCUT2D eigenvalue weighted by Crippen LogP contribution is -2.37. The van der Waals surface area contributed by atoms with Crippen molar-refractivity contribution < 1.29 is 9.15 Å². The first-order chi connectivity index (χ1) is 11.8. The highest BCUT2D eigenvalue weighted by molar-refractivity contribution is 14.0. The van der Waals surface area contributed by atoms with E-state index in [2.05, 4.69) is 46.8 Å². The van der Waals surface area contributed by atoms with E-state index in [1.54, 1.807) is 13.3 Å². The van der Waals surface area contributed by atoms with Gasteiger partial charge >= 0.3 is 0 Å². The zero-order valence-electron chi connectivity index (χ0n) is 15.0. The molecule has 1 aromatic heterocycles. The monoisotopic (exact) mass is 457 g/mol. The summed E-state index contributed by atoms with van der Waals surface area (Å²) in [5, 5.41) is 6.66. The number of aryl methyl sites for hydroxylation is 1. The SMILES string of the molecule is CCc1ccccc1CNC(=NC)NCCCOCc1ccco1.I. The molecular formula is C19H28IN3O2. The van der Waals surface area contributed by atoms with Gasteiger partial charge in [-0.1, -0.05) is 31.2 Å². The fourth-order valence-corrected chi connectivity index (χ4v) is 2.42. The Morgan fingerprint density at radius 3 is 2.60 bits per heavy atom. The Morgan fingerprint density at radius 1 is 1.12 bits per heavy atom. The van der Waals surface area contributed by atoms with Crippen LogP contribution in [0.2, 0.25) is 0 Å². The molecule has 0 radical (unpaired) electrons. The van der Waals surface area contributed by atoms with E-state index >= 15 is 0 Å². The number of benzene rings is 1. The predicted octanol–water partition coefficient (Wildman–Crippen LogP) is 3.73. The van der Waals surface area contributed by atoms with E-state index in [9.17, 15) is 0 Å². The molecule has 0 aliphatic rings. The topological polar surface area (TPSA) is 58.8 Å². The van der Waals surface area contributed by atoms with Crippen LogP contribution in [0.3, 0.4) is 0 Å². The summed E-state index contributed by atoms with van der Waals surface area (Å²) in [6.07, 6.45) is 3.61. The van der Waals surface area contributed by atoms with Crippen LogP contribution < -0.4 is 10.6 Å². The van der Waals surface area contributed by atoms with E-state index in [1.165, 1.54) is 11.1 Å². The van der Waals surface area contributed by atoms with Gasteiger partial charge in [0, 0.05) is 26.7 Å². The average molecular weight is 457 g/mol. The molecule has 6 heteroatoms. The number of nitrogens with one attached hydrogen (secondary N) is 2. The molecule has 0 spiro atoms. The Bertz CT molecular complexity index is 615. The molecule has 0 saturated carbocycles. The number of nitrogens with zero attached hydrogens (tertiary/aromatic N) is 1. The maximum absolute atomic E-state index is 5.56. The highest BCUT2D eigenvalue weighted by atomic mass is 127. The normalized spacial score (nSPS) is 11.0. The second kappa shape index (κ2) is 12.8. The molecule has 5 nitrogen and oxygen atoms in total. The summed E-state index contributed by atoms with van der Waals surface area (Å²) in [7, 11) is 1.79. The Labute approximate surface area is 167 Å². The van der Waals surface area contributed by atoms with E-state index in [4.69, 9.17) is 9.15 Å². The van der Waals surface area contributed by atoms with Gasteiger partial charge in [0.05, 0.1) is 6.26 Å². The molecule has 0 aliphatic carbocycles. The highest BCUT2D eigenvalue weighted by Gasteiger charge is 2.02. The van der Waals surface area contributed by atoms with Gasteiger partial charge in [-0.05, 0) is 36.1 Å². The van der Waals surface area contributed by atoms with Gasteiger partial charge in [0.1, 0.15) is 12.4 Å². The molecule has 2 aromatic rings. The maximum atomic E-state index is 5.56. The number of hydrogen-bond donors (Lipinski definition) is 2. The van der Waals surface area contributed by atoms with Gasteiger partial charge in [0.25, 0.3) is 0 Å². The second-order valence-corrected chi connectivity index (χ2v) is 5.46. The summed E-state index contributed by atoms with van der Waals surface area (Å²) in [6, 6.07) is 12.3. The molecule has 25 heavy (non-hydrogen) atoms. The summed E-state index contributed by atoms with van der Waals surface area (Å²) >= 11 is 0. The lowest BCUT2D eigenvalue weighted by molar-refractivity contribution is 0.105. The van der Waals surface area contributed by atoms with Crippen LogP contribution >= 0.6 is 24.0 Å². The van der Waals surface area contributed by atoms with Crippen molar-refractivity contribution in [3.8, 4) is 0 Å². The van der Waals surface area contributed by atoms with Crippen LogP contribution in [-0.4, -0.2) is 26.2 Å². The average Bonchev–Trinajstić information content (AvgIpc) is 3.14. The summed E-state index contributed by atoms with van der Waals surface area (Å²) < 4.78 is 10.8. The van der Waals surface area contributed by atoms with E-state index in [0.717, 1.165) is 37.7 Å². The van der Waals surface area contributed by atoms with Crippen molar-refractivity contribution in [3.63, 3.8) is 0 Å². The van der Waals surface area contributed by atoms with E-state index in [1.807, 2.05) is 12.1 Å². The van der Waals surface area contributed by atoms with Gasteiger partial charge in [-0.25, -0.2) is 0 Å². The summed E-state index contributed by atoms with van der Waals surface area (Å²) in [4.78, 5) is 4.26. The molecule has 138 valence electrons. The van der Waals surface area contributed by atoms with Crippen LogP contribution in [0.15, 0.2) is 52.1 Å². The van der Waals surface area contributed by atoms with Crippen molar-refractivity contribution in [1.29, 1.82) is 0 Å². The first-order valence-corrected chi connectivity index (χ1v) is 8.45. The Morgan fingerprint density at radius 2 is 1.92 bits per heavy atom. The summed E-state index contributed by atoms with van der Waals surface area (Å²) in [5.74, 6) is 1.67. The third-order valence-corrected chi connectivity index (χ3v) is 3.75. The number of halogens is 1. The van der Waals surface area contributed by atoms with Crippen molar-refractivity contribution in [2.24, 2.45) is 4.99 Å². The molecule has 0 amide bonds. The van der Waals surface area contributed by atoms with Gasteiger partial charge < -0.3 is 19.8 Å². The zero-order chi connectivity index (χ0) is 17.0. The minimum absolute atomic E-state index is 0. The molecule has 0 bridgehead atoms. The molecule has 0 atom stereocenters. The standard InChI is InChI=1S/C19H27N3O2.HI/c1-3-16-8-4-5-9-17(16)14-22-19(20-2)21-11-7-12-23-15-18-10-6-13-24-18;/h4-6,8-10,13H,3,7,11-12,14-15H2,1-2H3,(H2,20,21,22);1H. The molecule has 0 fully saturated rings. The molecule has 0 aliphatic heterocycles. The number of aliphatic imine (C=N–C) groups is 1. The van der Waals surface area contributed by atoms with Gasteiger partial charge in [-0.2, -0.15) is 0 Å². The van der Waals surface area contributed by atoms with Gasteiger partial charge in [-0.15, -0.1) is 24.0 Å². The Kier molecular flexibility index (Phi) is 11.0. The second-order valence-electron chi connectivity index (χ2n) is 5.46. The molecule has 0 unspecified atom stereocenters. The van der Waals surface area contributed by atoms with Gasteiger partial charge in [-0.3, -0.25) is 4.99 Å². The van der Waals surface area contributed by atoms with E-state index in [-0.39, 0.29) is 24.0 Å². The smallest absolute Gasteiger partial charge is 0.191 e. The number of ether oxygens (including phenoxy) is 1. The molecule has 0 saturated heterocycles. The van der Waals surface area contributed by atoms with Crippen molar-refractivity contribution >= 4 is 29.9 Å².